The molecule has 7 heteroatoms. The molecule has 0 saturated carbocycles. The van der Waals surface area contributed by atoms with Gasteiger partial charge in [0.2, 0.25) is 11.4 Å². The van der Waals surface area contributed by atoms with Crippen LogP contribution >= 0.6 is 23.4 Å². The average molecular weight is 369 g/mol. The van der Waals surface area contributed by atoms with Gasteiger partial charge in [-0.25, -0.2) is 0 Å². The van der Waals surface area contributed by atoms with Crippen LogP contribution in [-0.4, -0.2) is 37.6 Å². The Morgan fingerprint density at radius 1 is 1.29 bits per heavy atom. The largest absolute Gasteiger partial charge is 0.496 e. The van der Waals surface area contributed by atoms with Crippen molar-refractivity contribution in [2.75, 3.05) is 20.5 Å². The topological polar surface area (TPSA) is 61.8 Å². The van der Waals surface area contributed by atoms with Crippen molar-refractivity contribution in [2.45, 2.75) is 18.9 Å². The second-order valence-electron chi connectivity index (χ2n) is 5.75. The maximum Gasteiger partial charge on any atom is 0.219 e. The van der Waals surface area contributed by atoms with Gasteiger partial charge in [-0.05, 0) is 12.3 Å². The van der Waals surface area contributed by atoms with Gasteiger partial charge in [0.1, 0.15) is 22.1 Å². The molecule has 5 nitrogen and oxygen atoms in total. The molecule has 1 aliphatic carbocycles. The molecule has 0 radical (unpaired) electrons. The molecule has 0 fully saturated rings. The lowest BCUT2D eigenvalue weighted by atomic mass is 9.77. The minimum Gasteiger partial charge on any atom is -0.496 e. The number of thioether (sulfide) groups is 1. The van der Waals surface area contributed by atoms with Crippen molar-refractivity contribution in [3.63, 3.8) is 0 Å². The van der Waals surface area contributed by atoms with Crippen LogP contribution in [-0.2, 0) is 4.79 Å². The first-order valence-corrected chi connectivity index (χ1v) is 8.98. The molecular weight excluding hydrogens is 352 g/mol. The number of ketones is 2. The van der Waals surface area contributed by atoms with Gasteiger partial charge in [-0.15, -0.1) is 11.8 Å². The molecule has 1 aromatic rings. The predicted octanol–water partition coefficient (Wildman–Crippen LogP) is 3.53. The Labute approximate surface area is 149 Å². The zero-order chi connectivity index (χ0) is 17.6. The monoisotopic (exact) mass is 368 g/mol. The fraction of sp³-hybridized carbons (Fsp3) is 0.412. The van der Waals surface area contributed by atoms with Crippen molar-refractivity contribution >= 4 is 34.9 Å². The zero-order valence-electron chi connectivity index (χ0n) is 13.8. The van der Waals surface area contributed by atoms with Crippen molar-refractivity contribution in [3.8, 4) is 17.2 Å². The molecule has 1 aliphatic heterocycles. The highest BCUT2D eigenvalue weighted by atomic mass is 35.5. The number of fused-ring (bicyclic) bond motifs is 1. The molecule has 128 valence electrons. The van der Waals surface area contributed by atoms with Crippen LogP contribution in [0.3, 0.4) is 0 Å². The number of halogens is 1. The van der Waals surface area contributed by atoms with E-state index < -0.39 is 5.60 Å². The van der Waals surface area contributed by atoms with E-state index in [4.69, 9.17) is 25.8 Å². The first kappa shape index (κ1) is 17.2. The molecule has 0 aromatic heterocycles. The van der Waals surface area contributed by atoms with Crippen LogP contribution in [0.4, 0.5) is 0 Å². The number of Topliss-reactive ketones (excluding diaryl/α,β-unsaturated/α-hetero) is 1. The Morgan fingerprint density at radius 2 is 1.96 bits per heavy atom. The maximum atomic E-state index is 13.3. The van der Waals surface area contributed by atoms with E-state index in [9.17, 15) is 9.59 Å². The Kier molecular flexibility index (Phi) is 4.30. The summed E-state index contributed by atoms with van der Waals surface area (Å²) in [6.07, 6.45) is 3.55. The van der Waals surface area contributed by atoms with Gasteiger partial charge in [0, 0.05) is 23.3 Å². The molecule has 2 aliphatic rings. The third-order valence-electron chi connectivity index (χ3n) is 4.50. The lowest BCUT2D eigenvalue weighted by Gasteiger charge is -2.37. The molecule has 24 heavy (non-hydrogen) atoms. The van der Waals surface area contributed by atoms with E-state index in [1.165, 1.54) is 32.1 Å². The molecule has 1 heterocycles. The van der Waals surface area contributed by atoms with Crippen molar-refractivity contribution in [3.05, 3.63) is 27.6 Å². The summed E-state index contributed by atoms with van der Waals surface area (Å²) in [5, 5.41) is 0.225. The number of hydrogen-bond acceptors (Lipinski definition) is 6. The van der Waals surface area contributed by atoms with Crippen molar-refractivity contribution < 1.29 is 23.8 Å². The summed E-state index contributed by atoms with van der Waals surface area (Å²) < 4.78 is 16.7. The normalized spacial score (nSPS) is 25.4. The minimum absolute atomic E-state index is 0.0135. The van der Waals surface area contributed by atoms with Gasteiger partial charge in [0.05, 0.1) is 14.2 Å². The van der Waals surface area contributed by atoms with Gasteiger partial charge in [-0.2, -0.15) is 0 Å². The Bertz CT molecular complexity index is 773. The molecule has 0 unspecified atom stereocenters. The molecule has 0 saturated heterocycles. The van der Waals surface area contributed by atoms with Crippen LogP contribution in [0.15, 0.2) is 17.0 Å². The highest BCUT2D eigenvalue weighted by Crippen LogP contribution is 2.55. The third-order valence-corrected chi connectivity index (χ3v) is 5.72. The molecule has 1 spiro atoms. The van der Waals surface area contributed by atoms with E-state index in [2.05, 4.69) is 0 Å². The second-order valence-corrected chi connectivity index (χ2v) is 6.98. The molecule has 3 rings (SSSR count). The van der Waals surface area contributed by atoms with Crippen LogP contribution in [0.25, 0.3) is 0 Å². The Balaban J connectivity index is 2.26. The summed E-state index contributed by atoms with van der Waals surface area (Å²) in [5.74, 6) is 0.395. The highest BCUT2D eigenvalue weighted by Gasteiger charge is 2.58. The number of rotatable bonds is 3. The quantitative estimate of drug-likeness (QED) is 0.813. The van der Waals surface area contributed by atoms with Gasteiger partial charge in [0.25, 0.3) is 0 Å². The molecule has 0 bridgehead atoms. The van der Waals surface area contributed by atoms with E-state index in [0.717, 1.165) is 0 Å². The summed E-state index contributed by atoms with van der Waals surface area (Å²) in [7, 11) is 2.95. The van der Waals surface area contributed by atoms with Gasteiger partial charge in [-0.1, -0.05) is 18.5 Å². The summed E-state index contributed by atoms with van der Waals surface area (Å²) >= 11 is 7.70. The van der Waals surface area contributed by atoms with Gasteiger partial charge < -0.3 is 14.2 Å². The van der Waals surface area contributed by atoms with Crippen LogP contribution in [0.5, 0.6) is 17.2 Å². The zero-order valence-corrected chi connectivity index (χ0v) is 15.3. The summed E-state index contributed by atoms with van der Waals surface area (Å²) in [5.41, 5.74) is -0.941. The summed E-state index contributed by atoms with van der Waals surface area (Å²) in [6.45, 7) is 1.84. The second kappa shape index (κ2) is 6.01. The Morgan fingerprint density at radius 3 is 2.54 bits per heavy atom. The van der Waals surface area contributed by atoms with E-state index in [-0.39, 0.29) is 34.7 Å². The van der Waals surface area contributed by atoms with E-state index in [1.807, 2.05) is 13.2 Å². The smallest absolute Gasteiger partial charge is 0.219 e. The van der Waals surface area contributed by atoms with Crippen molar-refractivity contribution in [1.29, 1.82) is 0 Å². The summed E-state index contributed by atoms with van der Waals surface area (Å²) in [4.78, 5) is 25.8. The first-order valence-electron chi connectivity index (χ1n) is 7.38. The fourth-order valence-electron chi connectivity index (χ4n) is 3.30. The third kappa shape index (κ3) is 2.16. The molecular formula is C17H17ClO5S. The van der Waals surface area contributed by atoms with Crippen molar-refractivity contribution in [1.82, 2.24) is 0 Å². The Hall–Kier alpha value is -1.66. The van der Waals surface area contributed by atoms with Crippen LogP contribution in [0.1, 0.15) is 23.7 Å². The standard InChI is InChI=1S/C17H17ClO5S/c1-8-5-9(19)6-12(24-4)17(8)16(20)13-10(21-2)7-11(22-3)14(18)15(13)23-17/h6-8H,5H2,1-4H3/t8-,17-/m1/s1. The van der Waals surface area contributed by atoms with E-state index in [1.54, 1.807) is 6.07 Å². The summed E-state index contributed by atoms with van der Waals surface area (Å²) in [6, 6.07) is 1.57. The van der Waals surface area contributed by atoms with Crippen molar-refractivity contribution in [2.24, 2.45) is 5.92 Å². The SMILES string of the molecule is COc1cc(OC)c2c(c1Cl)O[C@@]1(C2=O)C(SC)=CC(=O)C[C@H]1C. The van der Waals surface area contributed by atoms with Crippen LogP contribution in [0.2, 0.25) is 5.02 Å². The number of carbonyl (C=O) groups excluding carboxylic acids is 2. The van der Waals surface area contributed by atoms with Crippen LogP contribution < -0.4 is 14.2 Å². The molecule has 2 atom stereocenters. The predicted molar refractivity (Wildman–Crippen MR) is 92.6 cm³/mol. The van der Waals surface area contributed by atoms with E-state index >= 15 is 0 Å². The molecule has 1 aromatic carbocycles. The van der Waals surface area contributed by atoms with Crippen LogP contribution in [0, 0.1) is 5.92 Å². The number of benzene rings is 1. The van der Waals surface area contributed by atoms with Gasteiger partial charge in [-0.3, -0.25) is 9.59 Å². The number of allylic oxidation sites excluding steroid dienone is 1. The lowest BCUT2D eigenvalue weighted by Crippen LogP contribution is -2.50. The average Bonchev–Trinajstić information content (AvgIpc) is 2.87. The van der Waals surface area contributed by atoms with Gasteiger partial charge >= 0.3 is 0 Å². The number of carbonyl (C=O) groups is 2. The number of ether oxygens (including phenoxy) is 3. The maximum absolute atomic E-state index is 13.3. The lowest BCUT2D eigenvalue weighted by molar-refractivity contribution is -0.117. The van der Waals surface area contributed by atoms with Gasteiger partial charge in [0.15, 0.2) is 11.5 Å². The number of hydrogen-bond donors (Lipinski definition) is 0. The fourth-order valence-corrected chi connectivity index (χ4v) is 4.45. The number of methoxy groups -OCH3 is 2. The molecule has 0 amide bonds. The van der Waals surface area contributed by atoms with E-state index in [0.29, 0.717) is 22.0 Å². The molecule has 0 N–H and O–H groups in total. The first-order chi connectivity index (χ1) is 11.4. The highest BCUT2D eigenvalue weighted by molar-refractivity contribution is 8.02. The minimum atomic E-state index is -1.24.